The molecule has 1 aliphatic rings. The van der Waals surface area contributed by atoms with Crippen LogP contribution in [-0.2, 0) is 9.59 Å². The topological polar surface area (TPSA) is 78.0 Å². The van der Waals surface area contributed by atoms with Crippen LogP contribution in [0.5, 0.6) is 0 Å². The van der Waals surface area contributed by atoms with Gasteiger partial charge in [0.25, 0.3) is 5.91 Å². The molecule has 1 aromatic carbocycles. The van der Waals surface area contributed by atoms with E-state index in [1.165, 1.54) is 11.2 Å². The number of furan rings is 1. The summed E-state index contributed by atoms with van der Waals surface area (Å²) in [5, 5.41) is 13.0. The SMILES string of the molecule is Cc1ccc(C([O-])=C2C(=O)C(=O)N(CC[NH+](C)C)C2c2ccco2)cc1. The van der Waals surface area contributed by atoms with Gasteiger partial charge in [-0.15, -0.1) is 0 Å². The second-order valence-corrected chi connectivity index (χ2v) is 6.81. The standard InChI is InChI=1S/C20H22N2O4/c1-13-6-8-14(9-7-13)18(23)16-17(15-5-4-12-26-15)22(11-10-21(2)3)20(25)19(16)24/h4-9,12,17,23H,10-11H2,1-3H3. The van der Waals surface area contributed by atoms with Crippen LogP contribution in [0, 0.1) is 6.92 Å². The summed E-state index contributed by atoms with van der Waals surface area (Å²) in [4.78, 5) is 27.8. The van der Waals surface area contributed by atoms with E-state index in [0.29, 0.717) is 24.4 Å². The summed E-state index contributed by atoms with van der Waals surface area (Å²) in [6.07, 6.45) is 1.48. The molecular weight excluding hydrogens is 332 g/mol. The van der Waals surface area contributed by atoms with Crippen molar-refractivity contribution in [3.63, 3.8) is 0 Å². The van der Waals surface area contributed by atoms with Gasteiger partial charge in [-0.25, -0.2) is 0 Å². The second kappa shape index (κ2) is 7.17. The van der Waals surface area contributed by atoms with Gasteiger partial charge in [0.2, 0.25) is 5.78 Å². The molecule has 6 nitrogen and oxygen atoms in total. The van der Waals surface area contributed by atoms with E-state index in [0.717, 1.165) is 10.5 Å². The molecule has 2 heterocycles. The fraction of sp³-hybridized carbons (Fsp3) is 0.300. The molecular formula is C20H22N2O4. The van der Waals surface area contributed by atoms with Crippen LogP contribution < -0.4 is 10.0 Å². The Morgan fingerprint density at radius 1 is 1.19 bits per heavy atom. The van der Waals surface area contributed by atoms with Gasteiger partial charge in [-0.1, -0.05) is 35.6 Å². The van der Waals surface area contributed by atoms with Crippen molar-refractivity contribution in [1.82, 2.24) is 4.90 Å². The predicted molar refractivity (Wildman–Crippen MR) is 93.9 cm³/mol. The maximum atomic E-state index is 13.0. The number of nitrogens with one attached hydrogen (secondary N) is 1. The lowest BCUT2D eigenvalue weighted by atomic mass is 9.99. The highest BCUT2D eigenvalue weighted by atomic mass is 16.3. The van der Waals surface area contributed by atoms with Gasteiger partial charge in [0.1, 0.15) is 11.8 Å². The summed E-state index contributed by atoms with van der Waals surface area (Å²) in [6, 6.07) is 9.56. The fourth-order valence-electron chi connectivity index (χ4n) is 3.05. The largest absolute Gasteiger partial charge is 0.872 e. The van der Waals surface area contributed by atoms with Gasteiger partial charge in [-0.3, -0.25) is 9.59 Å². The van der Waals surface area contributed by atoms with Crippen molar-refractivity contribution in [2.45, 2.75) is 13.0 Å². The third-order valence-electron chi connectivity index (χ3n) is 4.51. The normalized spacial score (nSPS) is 19.5. The highest BCUT2D eigenvalue weighted by Crippen LogP contribution is 2.38. The number of hydrogen-bond donors (Lipinski definition) is 1. The van der Waals surface area contributed by atoms with Gasteiger partial charge in [-0.2, -0.15) is 0 Å². The van der Waals surface area contributed by atoms with E-state index in [1.807, 2.05) is 33.2 Å². The molecule has 0 radical (unpaired) electrons. The van der Waals surface area contributed by atoms with Crippen LogP contribution in [0.25, 0.3) is 5.76 Å². The number of nitrogens with zero attached hydrogens (tertiary/aromatic N) is 1. The number of rotatable bonds is 5. The molecule has 1 aromatic heterocycles. The number of benzene rings is 1. The zero-order chi connectivity index (χ0) is 18.8. The molecule has 1 aliphatic heterocycles. The van der Waals surface area contributed by atoms with E-state index < -0.39 is 23.5 Å². The van der Waals surface area contributed by atoms with Gasteiger partial charge >= 0.3 is 0 Å². The number of likely N-dealkylation sites (tertiary alicyclic amines) is 1. The van der Waals surface area contributed by atoms with Crippen LogP contribution in [0.1, 0.15) is 22.9 Å². The van der Waals surface area contributed by atoms with Crippen LogP contribution in [-0.4, -0.2) is 43.8 Å². The Bertz CT molecular complexity index is 835. The van der Waals surface area contributed by atoms with Gasteiger partial charge in [-0.05, 0) is 24.6 Å². The average molecular weight is 354 g/mol. The summed E-state index contributed by atoms with van der Waals surface area (Å²) >= 11 is 0. The van der Waals surface area contributed by atoms with Crippen molar-refractivity contribution in [2.75, 3.05) is 27.2 Å². The minimum Gasteiger partial charge on any atom is -0.872 e. The smallest absolute Gasteiger partial charge is 0.295 e. The van der Waals surface area contributed by atoms with E-state index in [1.54, 1.807) is 24.3 Å². The number of aryl methyl sites for hydroxylation is 1. The van der Waals surface area contributed by atoms with Crippen molar-refractivity contribution >= 4 is 17.4 Å². The Hall–Kier alpha value is -2.86. The first-order chi connectivity index (χ1) is 12.4. The summed E-state index contributed by atoms with van der Waals surface area (Å²) in [5.74, 6) is -1.40. The number of Topliss-reactive ketones (excluding diaryl/α,β-unsaturated/α-hetero) is 1. The molecule has 136 valence electrons. The maximum Gasteiger partial charge on any atom is 0.295 e. The number of carbonyl (C=O) groups is 2. The Morgan fingerprint density at radius 3 is 2.46 bits per heavy atom. The molecule has 1 N–H and O–H groups in total. The van der Waals surface area contributed by atoms with Crippen molar-refractivity contribution in [3.8, 4) is 0 Å². The van der Waals surface area contributed by atoms with Gasteiger partial charge in [0.15, 0.2) is 0 Å². The Morgan fingerprint density at radius 2 is 1.88 bits per heavy atom. The quantitative estimate of drug-likeness (QED) is 0.464. The Kier molecular flexibility index (Phi) is 4.95. The molecule has 1 unspecified atom stereocenters. The lowest BCUT2D eigenvalue weighted by molar-refractivity contribution is -0.857. The summed E-state index contributed by atoms with van der Waals surface area (Å²) in [7, 11) is 3.93. The van der Waals surface area contributed by atoms with Crippen LogP contribution in [0.4, 0.5) is 0 Å². The minimum atomic E-state index is -0.779. The Balaban J connectivity index is 2.09. The van der Waals surface area contributed by atoms with Crippen molar-refractivity contribution in [1.29, 1.82) is 0 Å². The molecule has 1 amide bonds. The molecule has 0 aliphatic carbocycles. The lowest BCUT2D eigenvalue weighted by Crippen LogP contribution is -3.06. The van der Waals surface area contributed by atoms with E-state index in [-0.39, 0.29) is 5.57 Å². The van der Waals surface area contributed by atoms with Crippen molar-refractivity contribution in [2.24, 2.45) is 0 Å². The van der Waals surface area contributed by atoms with E-state index in [9.17, 15) is 14.7 Å². The molecule has 1 saturated heterocycles. The molecule has 26 heavy (non-hydrogen) atoms. The van der Waals surface area contributed by atoms with Gasteiger partial charge < -0.3 is 19.3 Å². The molecule has 0 bridgehead atoms. The molecule has 2 aromatic rings. The number of hydrogen-bond acceptors (Lipinski definition) is 4. The molecule has 3 rings (SSSR count). The first kappa shape index (κ1) is 17.9. The van der Waals surface area contributed by atoms with Crippen LogP contribution >= 0.6 is 0 Å². The minimum absolute atomic E-state index is 0.0393. The number of carbonyl (C=O) groups excluding carboxylic acids is 2. The fourth-order valence-corrected chi connectivity index (χ4v) is 3.05. The highest BCUT2D eigenvalue weighted by molar-refractivity contribution is 6.46. The second-order valence-electron chi connectivity index (χ2n) is 6.81. The zero-order valence-electron chi connectivity index (χ0n) is 15.1. The maximum absolute atomic E-state index is 13.0. The summed E-state index contributed by atoms with van der Waals surface area (Å²) < 4.78 is 5.46. The van der Waals surface area contributed by atoms with E-state index in [4.69, 9.17) is 4.42 Å². The van der Waals surface area contributed by atoms with Crippen molar-refractivity contribution in [3.05, 3.63) is 65.1 Å². The van der Waals surface area contributed by atoms with Crippen LogP contribution in [0.3, 0.4) is 0 Å². The van der Waals surface area contributed by atoms with Crippen LogP contribution in [0.2, 0.25) is 0 Å². The third kappa shape index (κ3) is 3.28. The monoisotopic (exact) mass is 354 g/mol. The zero-order valence-corrected chi connectivity index (χ0v) is 15.1. The van der Waals surface area contributed by atoms with Crippen molar-refractivity contribution < 1.29 is 24.0 Å². The molecule has 0 saturated carbocycles. The first-order valence-electron chi connectivity index (χ1n) is 8.56. The third-order valence-corrected chi connectivity index (χ3v) is 4.51. The molecule has 0 spiro atoms. The number of likely N-dealkylation sites (N-methyl/N-ethyl adjacent to an activating group) is 1. The van der Waals surface area contributed by atoms with E-state index >= 15 is 0 Å². The molecule has 6 heteroatoms. The molecule has 1 atom stereocenters. The highest BCUT2D eigenvalue weighted by Gasteiger charge is 2.45. The van der Waals surface area contributed by atoms with Crippen LogP contribution in [0.15, 0.2) is 52.7 Å². The first-order valence-corrected chi connectivity index (χ1v) is 8.56. The Labute approximate surface area is 152 Å². The lowest BCUT2D eigenvalue weighted by Gasteiger charge is -2.25. The van der Waals surface area contributed by atoms with Gasteiger partial charge in [0, 0.05) is 5.57 Å². The average Bonchev–Trinajstić information content (AvgIpc) is 3.21. The summed E-state index contributed by atoms with van der Waals surface area (Å²) in [6.45, 7) is 2.94. The van der Waals surface area contributed by atoms with E-state index in [2.05, 4.69) is 0 Å². The summed E-state index contributed by atoms with van der Waals surface area (Å²) in [5.41, 5.74) is 1.37. The number of amides is 1. The number of quaternary nitrogens is 1. The van der Waals surface area contributed by atoms with Gasteiger partial charge in [0.05, 0.1) is 33.4 Å². The predicted octanol–water partition coefficient (Wildman–Crippen LogP) is -0.0435. The number of ketones is 1. The molecule has 1 fully saturated rings.